The van der Waals surface area contributed by atoms with Crippen molar-refractivity contribution in [2.75, 3.05) is 46.6 Å². The van der Waals surface area contributed by atoms with Crippen molar-refractivity contribution in [1.29, 1.82) is 0 Å². The van der Waals surface area contributed by atoms with Crippen LogP contribution in [0.1, 0.15) is 18.5 Å². The van der Waals surface area contributed by atoms with E-state index in [0.29, 0.717) is 35.2 Å². The van der Waals surface area contributed by atoms with Crippen LogP contribution >= 0.6 is 0 Å². The van der Waals surface area contributed by atoms with E-state index in [9.17, 15) is 0 Å². The smallest absolute Gasteiger partial charge is 0.230 e. The molecule has 2 aliphatic rings. The van der Waals surface area contributed by atoms with Crippen molar-refractivity contribution in [2.24, 2.45) is 5.41 Å². The molecule has 9 heteroatoms. The third-order valence-electron chi connectivity index (χ3n) is 6.89. The fourth-order valence-corrected chi connectivity index (χ4v) is 5.01. The van der Waals surface area contributed by atoms with Crippen molar-refractivity contribution in [2.45, 2.75) is 19.8 Å². The van der Waals surface area contributed by atoms with Crippen LogP contribution in [-0.4, -0.2) is 71.4 Å². The van der Waals surface area contributed by atoms with Gasteiger partial charge < -0.3 is 28.8 Å². The molecule has 2 saturated heterocycles. The van der Waals surface area contributed by atoms with E-state index in [2.05, 4.69) is 24.8 Å². The Balaban J connectivity index is 1.15. The summed E-state index contributed by atoms with van der Waals surface area (Å²) in [5, 5.41) is 1.73. The van der Waals surface area contributed by atoms with Crippen LogP contribution in [-0.2, 0) is 4.74 Å². The molecule has 1 N–H and O–H groups in total. The number of ether oxygens (including phenoxy) is 4. The molecule has 9 nitrogen and oxygen atoms in total. The summed E-state index contributed by atoms with van der Waals surface area (Å²) in [6, 6.07) is 7.72. The largest absolute Gasteiger partial charge is 0.493 e. The van der Waals surface area contributed by atoms with E-state index in [-0.39, 0.29) is 0 Å². The second kappa shape index (κ2) is 8.98. The average Bonchev–Trinajstić information content (AvgIpc) is 3.44. The number of aryl methyl sites for hydroxylation is 1. The van der Waals surface area contributed by atoms with Crippen molar-refractivity contribution in [3.8, 4) is 23.1 Å². The quantitative estimate of drug-likeness (QED) is 0.381. The maximum Gasteiger partial charge on any atom is 0.230 e. The average molecular weight is 476 g/mol. The second-order valence-corrected chi connectivity index (χ2v) is 9.58. The van der Waals surface area contributed by atoms with Crippen molar-refractivity contribution >= 4 is 21.9 Å². The summed E-state index contributed by atoms with van der Waals surface area (Å²) in [5.41, 5.74) is 3.02. The van der Waals surface area contributed by atoms with Gasteiger partial charge in [0.25, 0.3) is 0 Å². The molecule has 3 aromatic heterocycles. The minimum Gasteiger partial charge on any atom is -0.493 e. The zero-order chi connectivity index (χ0) is 23.8. The zero-order valence-electron chi connectivity index (χ0n) is 20.0. The van der Waals surface area contributed by atoms with Gasteiger partial charge >= 0.3 is 0 Å². The molecule has 0 unspecified atom stereocenters. The van der Waals surface area contributed by atoms with E-state index in [1.165, 1.54) is 12.7 Å². The molecule has 1 spiro atoms. The Morgan fingerprint density at radius 2 is 2.03 bits per heavy atom. The number of nitrogens with zero attached hydrogens (tertiary/aromatic N) is 4. The number of hydrogen-bond donors (Lipinski definition) is 1. The molecular formula is C26H29N5O4. The van der Waals surface area contributed by atoms with Gasteiger partial charge in [-0.15, -0.1) is 0 Å². The van der Waals surface area contributed by atoms with Gasteiger partial charge in [0.2, 0.25) is 5.88 Å². The fourth-order valence-electron chi connectivity index (χ4n) is 5.01. The number of likely N-dealkylation sites (tertiary alicyclic amines) is 1. The highest BCUT2D eigenvalue weighted by Crippen LogP contribution is 2.38. The van der Waals surface area contributed by atoms with Crippen molar-refractivity contribution in [1.82, 2.24) is 24.8 Å². The van der Waals surface area contributed by atoms with Gasteiger partial charge in [-0.25, -0.2) is 15.0 Å². The van der Waals surface area contributed by atoms with Gasteiger partial charge in [0.05, 0.1) is 44.0 Å². The van der Waals surface area contributed by atoms with E-state index >= 15 is 0 Å². The lowest BCUT2D eigenvalue weighted by Crippen LogP contribution is -2.44. The first-order valence-electron chi connectivity index (χ1n) is 12.0. The molecule has 1 aromatic carbocycles. The summed E-state index contributed by atoms with van der Waals surface area (Å²) in [4.78, 5) is 18.9. The molecule has 0 radical (unpaired) electrons. The third-order valence-corrected chi connectivity index (χ3v) is 6.89. The Morgan fingerprint density at radius 3 is 2.83 bits per heavy atom. The van der Waals surface area contributed by atoms with Crippen molar-refractivity contribution in [3.05, 3.63) is 42.5 Å². The minimum atomic E-state index is 0.421. The standard InChI is InChI=1S/C26H29N5O4/c1-17-8-18-9-19(12-27-24(18)30-17)35-25-20-10-22(32-2)23(11-21(20)28-16-29-25)34-7-3-5-31-6-4-26(13-31)14-33-15-26/h8-12,16H,3-7,13-15H2,1-2H3,(H,27,30). The van der Waals surface area contributed by atoms with Crippen molar-refractivity contribution in [3.63, 3.8) is 0 Å². The second-order valence-electron chi connectivity index (χ2n) is 9.58. The van der Waals surface area contributed by atoms with Crippen LogP contribution in [0.3, 0.4) is 0 Å². The number of aromatic nitrogens is 4. The van der Waals surface area contributed by atoms with Gasteiger partial charge in [-0.1, -0.05) is 0 Å². The molecule has 182 valence electrons. The Labute approximate surface area is 203 Å². The van der Waals surface area contributed by atoms with E-state index in [4.69, 9.17) is 18.9 Å². The molecule has 2 fully saturated rings. The summed E-state index contributed by atoms with van der Waals surface area (Å²) in [6.45, 7) is 7.75. The SMILES string of the molecule is COc1cc2c(Oc3cnc4[nH]c(C)cc4c3)ncnc2cc1OCCCN1CCC2(COC2)C1. The van der Waals surface area contributed by atoms with Crippen LogP contribution in [0.15, 0.2) is 36.8 Å². The van der Waals surface area contributed by atoms with Crippen LogP contribution in [0.25, 0.3) is 21.9 Å². The number of nitrogens with one attached hydrogen (secondary N) is 1. The van der Waals surface area contributed by atoms with Crippen LogP contribution < -0.4 is 14.2 Å². The third kappa shape index (κ3) is 4.37. The molecule has 0 amide bonds. The first-order valence-corrected chi connectivity index (χ1v) is 12.0. The summed E-state index contributed by atoms with van der Waals surface area (Å²) in [6.07, 6.45) is 5.37. The maximum atomic E-state index is 6.11. The highest BCUT2D eigenvalue weighted by Gasteiger charge is 2.43. The number of hydrogen-bond acceptors (Lipinski definition) is 8. The molecule has 0 aliphatic carbocycles. The lowest BCUT2D eigenvalue weighted by molar-refractivity contribution is -0.105. The molecule has 0 atom stereocenters. The Bertz CT molecular complexity index is 1370. The normalized spacial score (nSPS) is 17.2. The topological polar surface area (TPSA) is 94.6 Å². The number of pyridine rings is 1. The Kier molecular flexibility index (Phi) is 5.66. The Hall–Kier alpha value is -3.43. The number of rotatable bonds is 8. The molecule has 0 bridgehead atoms. The van der Waals surface area contributed by atoms with Crippen molar-refractivity contribution < 1.29 is 18.9 Å². The fraction of sp³-hybridized carbons (Fsp3) is 0.423. The number of H-pyrrole nitrogens is 1. The monoisotopic (exact) mass is 475 g/mol. The van der Waals surface area contributed by atoms with Gasteiger partial charge in [-0.05, 0) is 44.5 Å². The lowest BCUT2D eigenvalue weighted by Gasteiger charge is -2.37. The van der Waals surface area contributed by atoms with Gasteiger partial charge in [-0.2, -0.15) is 0 Å². The molecule has 2 aliphatic heterocycles. The summed E-state index contributed by atoms with van der Waals surface area (Å²) in [7, 11) is 1.63. The number of fused-ring (bicyclic) bond motifs is 2. The summed E-state index contributed by atoms with van der Waals surface area (Å²) in [5.74, 6) is 2.34. The predicted molar refractivity (Wildman–Crippen MR) is 131 cm³/mol. The molecule has 0 saturated carbocycles. The summed E-state index contributed by atoms with van der Waals surface area (Å²) >= 11 is 0. The molecule has 6 rings (SSSR count). The lowest BCUT2D eigenvalue weighted by atomic mass is 9.85. The minimum absolute atomic E-state index is 0.421. The van der Waals surface area contributed by atoms with E-state index in [1.807, 2.05) is 31.2 Å². The number of benzene rings is 1. The van der Waals surface area contributed by atoms with Crippen LogP contribution in [0, 0.1) is 12.3 Å². The highest BCUT2D eigenvalue weighted by molar-refractivity contribution is 5.87. The van der Waals surface area contributed by atoms with Gasteiger partial charge in [0, 0.05) is 35.7 Å². The molecule has 5 heterocycles. The molecule has 4 aromatic rings. The maximum absolute atomic E-state index is 6.11. The van der Waals surface area contributed by atoms with Crippen LogP contribution in [0.4, 0.5) is 0 Å². The van der Waals surface area contributed by atoms with Gasteiger partial charge in [-0.3, -0.25) is 0 Å². The van der Waals surface area contributed by atoms with Gasteiger partial charge in [0.1, 0.15) is 17.7 Å². The number of aromatic amines is 1. The molecule has 35 heavy (non-hydrogen) atoms. The Morgan fingerprint density at radius 1 is 1.11 bits per heavy atom. The summed E-state index contributed by atoms with van der Waals surface area (Å²) < 4.78 is 23.2. The first kappa shape index (κ1) is 22.1. The highest BCUT2D eigenvalue weighted by atomic mass is 16.5. The number of methoxy groups -OCH3 is 1. The van der Waals surface area contributed by atoms with E-state index in [1.54, 1.807) is 13.3 Å². The predicted octanol–water partition coefficient (Wildman–Crippen LogP) is 4.11. The van der Waals surface area contributed by atoms with Crippen LogP contribution in [0.2, 0.25) is 0 Å². The molecular weight excluding hydrogens is 446 g/mol. The van der Waals surface area contributed by atoms with E-state index < -0.39 is 0 Å². The van der Waals surface area contributed by atoms with Gasteiger partial charge in [0.15, 0.2) is 11.5 Å². The van der Waals surface area contributed by atoms with E-state index in [0.717, 1.165) is 66.9 Å². The zero-order valence-corrected chi connectivity index (χ0v) is 20.0. The first-order chi connectivity index (χ1) is 17.1. The van der Waals surface area contributed by atoms with Crippen LogP contribution in [0.5, 0.6) is 23.1 Å².